The van der Waals surface area contributed by atoms with Crippen molar-refractivity contribution in [3.8, 4) is 0 Å². The highest BCUT2D eigenvalue weighted by Gasteiger charge is 2.41. The number of halogens is 1. The predicted octanol–water partition coefficient (Wildman–Crippen LogP) is 2.72. The van der Waals surface area contributed by atoms with Gasteiger partial charge in [-0.2, -0.15) is 17.4 Å². The van der Waals surface area contributed by atoms with Crippen molar-refractivity contribution < 1.29 is 18.3 Å². The third-order valence-electron chi connectivity index (χ3n) is 5.01. The molecule has 0 bridgehead atoms. The summed E-state index contributed by atoms with van der Waals surface area (Å²) in [5, 5.41) is 10.4. The predicted molar refractivity (Wildman–Crippen MR) is 123 cm³/mol. The monoisotopic (exact) mass is 484 g/mol. The molecule has 1 aliphatic heterocycles. The number of nitrogens with zero attached hydrogens (tertiary/aromatic N) is 3. The number of aromatic nitrogens is 1. The molecule has 8 nitrogen and oxygen atoms in total. The average molecular weight is 485 g/mol. The van der Waals surface area contributed by atoms with Gasteiger partial charge in [0.2, 0.25) is 0 Å². The summed E-state index contributed by atoms with van der Waals surface area (Å²) in [5.74, 6) is -1.23. The number of anilines is 1. The van der Waals surface area contributed by atoms with Crippen LogP contribution < -0.4 is 9.62 Å². The minimum absolute atomic E-state index is 0.252. The van der Waals surface area contributed by atoms with Gasteiger partial charge in [0.1, 0.15) is 6.04 Å². The van der Waals surface area contributed by atoms with E-state index in [1.165, 1.54) is 16.1 Å². The molecule has 1 aromatic heterocycles. The van der Waals surface area contributed by atoms with E-state index in [0.717, 1.165) is 10.6 Å². The molecule has 0 amide bonds. The SMILES string of the molecule is CC(C)(Sc1ccncc1)C(NS(=O)(=O)N1CCN(c2ccc(Cl)cc2)CC1)C(=O)O. The lowest BCUT2D eigenvalue weighted by Crippen LogP contribution is -2.58. The van der Waals surface area contributed by atoms with Crippen molar-refractivity contribution >= 4 is 45.2 Å². The van der Waals surface area contributed by atoms with Gasteiger partial charge in [0.25, 0.3) is 10.2 Å². The van der Waals surface area contributed by atoms with Crippen molar-refractivity contribution in [3.05, 3.63) is 53.8 Å². The number of piperazine rings is 1. The molecule has 0 saturated carbocycles. The molecule has 168 valence electrons. The van der Waals surface area contributed by atoms with Gasteiger partial charge in [-0.3, -0.25) is 9.78 Å². The number of pyridine rings is 1. The summed E-state index contributed by atoms with van der Waals surface area (Å²) in [4.78, 5) is 18.8. The second kappa shape index (κ2) is 9.74. The molecule has 2 heterocycles. The molecule has 31 heavy (non-hydrogen) atoms. The number of hydrogen-bond donors (Lipinski definition) is 2. The first kappa shape index (κ1) is 23.8. The van der Waals surface area contributed by atoms with Crippen molar-refractivity contribution in [1.29, 1.82) is 0 Å². The van der Waals surface area contributed by atoms with Crippen LogP contribution in [0.5, 0.6) is 0 Å². The van der Waals surface area contributed by atoms with Crippen molar-refractivity contribution in [3.63, 3.8) is 0 Å². The number of hydrogen-bond acceptors (Lipinski definition) is 6. The van der Waals surface area contributed by atoms with Crippen LogP contribution in [0.4, 0.5) is 5.69 Å². The molecule has 0 spiro atoms. The van der Waals surface area contributed by atoms with Gasteiger partial charge in [-0.15, -0.1) is 11.8 Å². The second-order valence-electron chi connectivity index (χ2n) is 7.65. The Bertz CT molecular complexity index is 996. The van der Waals surface area contributed by atoms with E-state index in [2.05, 4.69) is 14.6 Å². The lowest BCUT2D eigenvalue weighted by atomic mass is 10.1. The van der Waals surface area contributed by atoms with Gasteiger partial charge >= 0.3 is 5.97 Å². The molecule has 1 unspecified atom stereocenters. The maximum atomic E-state index is 13.0. The third kappa shape index (κ3) is 6.11. The molecule has 0 radical (unpaired) electrons. The van der Waals surface area contributed by atoms with Crippen LogP contribution in [0.3, 0.4) is 0 Å². The zero-order valence-corrected chi connectivity index (χ0v) is 19.6. The normalized spacial score (nSPS) is 16.8. The number of thioether (sulfide) groups is 1. The zero-order valence-electron chi connectivity index (χ0n) is 17.2. The van der Waals surface area contributed by atoms with Crippen molar-refractivity contribution in [1.82, 2.24) is 14.0 Å². The summed E-state index contributed by atoms with van der Waals surface area (Å²) in [6, 6.07) is 9.58. The molecule has 2 N–H and O–H groups in total. The first-order chi connectivity index (χ1) is 14.6. The average Bonchev–Trinajstić information content (AvgIpc) is 2.73. The van der Waals surface area contributed by atoms with E-state index in [0.29, 0.717) is 18.1 Å². The topological polar surface area (TPSA) is 103 Å². The van der Waals surface area contributed by atoms with E-state index < -0.39 is 27.0 Å². The van der Waals surface area contributed by atoms with Gasteiger partial charge in [-0.05, 0) is 50.2 Å². The summed E-state index contributed by atoms with van der Waals surface area (Å²) in [7, 11) is -3.99. The van der Waals surface area contributed by atoms with Crippen LogP contribution in [-0.4, -0.2) is 65.8 Å². The number of nitrogens with one attached hydrogen (secondary N) is 1. The van der Waals surface area contributed by atoms with Crippen LogP contribution in [0.15, 0.2) is 53.7 Å². The Hall–Kier alpha value is -1.85. The zero-order chi connectivity index (χ0) is 22.6. The highest BCUT2D eigenvalue weighted by molar-refractivity contribution is 8.00. The molecule has 2 aromatic rings. The lowest BCUT2D eigenvalue weighted by molar-refractivity contribution is -0.139. The van der Waals surface area contributed by atoms with E-state index in [9.17, 15) is 18.3 Å². The first-order valence-electron chi connectivity index (χ1n) is 9.68. The van der Waals surface area contributed by atoms with Crippen LogP contribution in [-0.2, 0) is 15.0 Å². The van der Waals surface area contributed by atoms with Crippen LogP contribution in [0.1, 0.15) is 13.8 Å². The fourth-order valence-corrected chi connectivity index (χ4v) is 6.15. The molecule has 0 aliphatic carbocycles. The minimum Gasteiger partial charge on any atom is -0.480 e. The van der Waals surface area contributed by atoms with E-state index >= 15 is 0 Å². The molecular weight excluding hydrogens is 460 g/mol. The highest BCUT2D eigenvalue weighted by atomic mass is 35.5. The second-order valence-corrected chi connectivity index (χ2v) is 11.5. The van der Waals surface area contributed by atoms with E-state index in [1.807, 2.05) is 12.1 Å². The van der Waals surface area contributed by atoms with E-state index in [4.69, 9.17) is 11.6 Å². The summed E-state index contributed by atoms with van der Waals surface area (Å²) >= 11 is 7.21. The van der Waals surface area contributed by atoms with Gasteiger partial charge in [0.05, 0.1) is 0 Å². The Morgan fingerprint density at radius 2 is 1.71 bits per heavy atom. The van der Waals surface area contributed by atoms with E-state index in [-0.39, 0.29) is 13.1 Å². The Morgan fingerprint density at radius 1 is 1.13 bits per heavy atom. The largest absolute Gasteiger partial charge is 0.480 e. The summed E-state index contributed by atoms with van der Waals surface area (Å²) in [6.45, 7) is 4.91. The number of aliphatic carboxylic acids is 1. The lowest BCUT2D eigenvalue weighted by Gasteiger charge is -2.37. The Morgan fingerprint density at radius 3 is 2.26 bits per heavy atom. The number of carbonyl (C=O) groups is 1. The smallest absolute Gasteiger partial charge is 0.323 e. The molecule has 1 aromatic carbocycles. The Kier molecular flexibility index (Phi) is 7.48. The number of carboxylic acid groups (broad SMARTS) is 1. The summed E-state index contributed by atoms with van der Waals surface area (Å²) in [6.07, 6.45) is 3.22. The number of benzene rings is 1. The third-order valence-corrected chi connectivity index (χ3v) is 8.11. The van der Waals surface area contributed by atoms with Gasteiger partial charge in [-0.25, -0.2) is 0 Å². The van der Waals surface area contributed by atoms with Gasteiger partial charge in [0, 0.05) is 58.9 Å². The van der Waals surface area contributed by atoms with Crippen LogP contribution in [0, 0.1) is 0 Å². The Balaban J connectivity index is 1.67. The maximum Gasteiger partial charge on any atom is 0.323 e. The van der Waals surface area contributed by atoms with Crippen molar-refractivity contribution in [2.75, 3.05) is 31.1 Å². The van der Waals surface area contributed by atoms with Gasteiger partial charge in [-0.1, -0.05) is 11.6 Å². The van der Waals surface area contributed by atoms with E-state index in [1.54, 1.807) is 50.5 Å². The summed E-state index contributed by atoms with van der Waals surface area (Å²) in [5.41, 5.74) is 0.965. The number of carboxylic acids is 1. The minimum atomic E-state index is -3.99. The molecule has 3 rings (SSSR count). The standard InChI is InChI=1S/C20H25ClN4O4S2/c1-20(2,30-17-7-9-22-10-8-17)18(19(26)27)23-31(28,29)25-13-11-24(12-14-25)16-5-3-15(21)4-6-16/h3-10,18,23H,11-14H2,1-2H3,(H,26,27). The fraction of sp³-hybridized carbons (Fsp3) is 0.400. The van der Waals surface area contributed by atoms with Crippen LogP contribution in [0.25, 0.3) is 0 Å². The van der Waals surface area contributed by atoms with Crippen LogP contribution >= 0.6 is 23.4 Å². The molecular formula is C20H25ClN4O4S2. The first-order valence-corrected chi connectivity index (χ1v) is 12.3. The molecule has 1 atom stereocenters. The van der Waals surface area contributed by atoms with Crippen molar-refractivity contribution in [2.24, 2.45) is 0 Å². The molecule has 1 saturated heterocycles. The van der Waals surface area contributed by atoms with Gasteiger partial charge in [0.15, 0.2) is 0 Å². The molecule has 1 fully saturated rings. The highest BCUT2D eigenvalue weighted by Crippen LogP contribution is 2.35. The van der Waals surface area contributed by atoms with Gasteiger partial charge < -0.3 is 10.0 Å². The maximum absolute atomic E-state index is 13.0. The van der Waals surface area contributed by atoms with Crippen LogP contribution in [0.2, 0.25) is 5.02 Å². The molecule has 1 aliphatic rings. The fourth-order valence-electron chi connectivity index (χ4n) is 3.32. The van der Waals surface area contributed by atoms with Crippen molar-refractivity contribution in [2.45, 2.75) is 29.5 Å². The number of rotatable bonds is 8. The Labute approximate surface area is 191 Å². The molecule has 11 heteroatoms. The summed E-state index contributed by atoms with van der Waals surface area (Å²) < 4.78 is 28.7. The quantitative estimate of drug-likeness (QED) is 0.555.